The van der Waals surface area contributed by atoms with Gasteiger partial charge in [0.15, 0.2) is 0 Å². The first-order valence-corrected chi connectivity index (χ1v) is 9.02. The molecule has 0 aromatic carbocycles. The van der Waals surface area contributed by atoms with Crippen molar-refractivity contribution in [3.63, 3.8) is 0 Å². The monoisotopic (exact) mass is 349 g/mol. The van der Waals surface area contributed by atoms with Gasteiger partial charge in [-0.05, 0) is 44.4 Å². The molecule has 7 nitrogen and oxygen atoms in total. The van der Waals surface area contributed by atoms with Gasteiger partial charge in [-0.1, -0.05) is 25.5 Å². The topological polar surface area (TPSA) is 86.8 Å². The molecule has 2 aliphatic rings. The SMILES string of the molecule is CC(C)CCNC(=O)CN1C(=O)C(=O)N(CCC2=CCCCC2)C1=O. The van der Waals surface area contributed by atoms with Crippen molar-refractivity contribution in [3.8, 4) is 0 Å². The molecule has 25 heavy (non-hydrogen) atoms. The molecule has 0 unspecified atom stereocenters. The second kappa shape index (κ2) is 8.78. The predicted octanol–water partition coefficient (Wildman–Crippen LogP) is 1.83. The summed E-state index contributed by atoms with van der Waals surface area (Å²) in [6, 6.07) is -0.689. The summed E-state index contributed by atoms with van der Waals surface area (Å²) in [5.74, 6) is -1.73. The fraction of sp³-hybridized carbons (Fsp3) is 0.667. The smallest absolute Gasteiger partial charge is 0.334 e. The molecule has 1 aliphatic heterocycles. The minimum Gasteiger partial charge on any atom is -0.355 e. The molecule has 1 N–H and O–H groups in total. The molecule has 0 spiro atoms. The minimum absolute atomic E-state index is 0.195. The highest BCUT2D eigenvalue weighted by molar-refractivity contribution is 6.45. The number of hydrogen-bond acceptors (Lipinski definition) is 4. The second-order valence-electron chi connectivity index (χ2n) is 7.02. The zero-order chi connectivity index (χ0) is 18.4. The Balaban J connectivity index is 1.87. The van der Waals surface area contributed by atoms with Gasteiger partial charge in [0.25, 0.3) is 0 Å². The number of hydrogen-bond donors (Lipinski definition) is 1. The highest BCUT2D eigenvalue weighted by Crippen LogP contribution is 2.21. The summed E-state index contributed by atoms with van der Waals surface area (Å²) in [5.41, 5.74) is 1.23. The van der Waals surface area contributed by atoms with E-state index in [-0.39, 0.29) is 6.54 Å². The summed E-state index contributed by atoms with van der Waals surface area (Å²) in [6.45, 7) is 4.36. The standard InChI is InChI=1S/C18H27N3O4/c1-13(2)8-10-19-15(22)12-21-17(24)16(23)20(18(21)25)11-9-14-6-4-3-5-7-14/h6,13H,3-5,7-12H2,1-2H3,(H,19,22). The molecule has 0 bridgehead atoms. The number of amides is 5. The van der Waals surface area contributed by atoms with Crippen molar-refractivity contribution < 1.29 is 19.2 Å². The van der Waals surface area contributed by atoms with E-state index in [4.69, 9.17) is 0 Å². The van der Waals surface area contributed by atoms with Gasteiger partial charge in [-0.25, -0.2) is 9.69 Å². The van der Waals surface area contributed by atoms with Crippen molar-refractivity contribution >= 4 is 23.8 Å². The Morgan fingerprint density at radius 3 is 2.52 bits per heavy atom. The van der Waals surface area contributed by atoms with Crippen LogP contribution in [0.15, 0.2) is 11.6 Å². The zero-order valence-electron chi connectivity index (χ0n) is 15.0. The Morgan fingerprint density at radius 2 is 1.88 bits per heavy atom. The van der Waals surface area contributed by atoms with Gasteiger partial charge in [-0.15, -0.1) is 0 Å². The normalized spacial score (nSPS) is 18.2. The third-order valence-electron chi connectivity index (χ3n) is 4.52. The molecule has 0 atom stereocenters. The lowest BCUT2D eigenvalue weighted by molar-refractivity contribution is -0.144. The van der Waals surface area contributed by atoms with E-state index >= 15 is 0 Å². The van der Waals surface area contributed by atoms with Crippen LogP contribution in [-0.2, 0) is 14.4 Å². The second-order valence-corrected chi connectivity index (χ2v) is 7.02. The van der Waals surface area contributed by atoms with E-state index in [2.05, 4.69) is 11.4 Å². The van der Waals surface area contributed by atoms with E-state index in [1.54, 1.807) is 0 Å². The van der Waals surface area contributed by atoms with Crippen LogP contribution in [0.5, 0.6) is 0 Å². The number of urea groups is 1. The number of carbonyl (C=O) groups excluding carboxylic acids is 4. The van der Waals surface area contributed by atoms with E-state index < -0.39 is 30.3 Å². The number of nitrogens with zero attached hydrogens (tertiary/aromatic N) is 2. The van der Waals surface area contributed by atoms with Crippen molar-refractivity contribution in [1.82, 2.24) is 15.1 Å². The summed E-state index contributed by atoms with van der Waals surface area (Å²) in [7, 11) is 0. The average molecular weight is 349 g/mol. The minimum atomic E-state index is -0.915. The molecule has 7 heteroatoms. The van der Waals surface area contributed by atoms with E-state index in [1.165, 1.54) is 12.0 Å². The Kier molecular flexibility index (Phi) is 6.73. The Morgan fingerprint density at radius 1 is 1.16 bits per heavy atom. The molecule has 0 aromatic rings. The summed E-state index contributed by atoms with van der Waals surface area (Å²) in [4.78, 5) is 50.0. The summed E-state index contributed by atoms with van der Waals surface area (Å²) in [6.07, 6.45) is 7.85. The van der Waals surface area contributed by atoms with Gasteiger partial charge in [0, 0.05) is 13.1 Å². The quantitative estimate of drug-likeness (QED) is 0.411. The van der Waals surface area contributed by atoms with Crippen molar-refractivity contribution in [2.75, 3.05) is 19.6 Å². The third kappa shape index (κ3) is 5.14. The first-order chi connectivity index (χ1) is 11.9. The molecule has 2 rings (SSSR count). The summed E-state index contributed by atoms with van der Waals surface area (Å²) < 4.78 is 0. The van der Waals surface area contributed by atoms with Crippen LogP contribution in [0.25, 0.3) is 0 Å². The highest BCUT2D eigenvalue weighted by atomic mass is 16.2. The van der Waals surface area contributed by atoms with E-state index in [1.807, 2.05) is 13.8 Å². The van der Waals surface area contributed by atoms with Crippen LogP contribution in [0, 0.1) is 5.92 Å². The van der Waals surface area contributed by atoms with Crippen LogP contribution in [0.3, 0.4) is 0 Å². The van der Waals surface area contributed by atoms with Crippen molar-refractivity contribution in [2.45, 2.75) is 52.4 Å². The van der Waals surface area contributed by atoms with Gasteiger partial charge < -0.3 is 5.32 Å². The molecule has 0 aromatic heterocycles. The van der Waals surface area contributed by atoms with E-state index in [0.717, 1.165) is 35.5 Å². The summed E-state index contributed by atoms with van der Waals surface area (Å²) in [5, 5.41) is 2.67. The van der Waals surface area contributed by atoms with E-state index in [0.29, 0.717) is 18.9 Å². The average Bonchev–Trinajstić information content (AvgIpc) is 2.77. The lowest BCUT2D eigenvalue weighted by Gasteiger charge is -2.17. The summed E-state index contributed by atoms with van der Waals surface area (Å²) >= 11 is 0. The molecule has 138 valence electrons. The Bertz CT molecular complexity index is 583. The molecule has 1 fully saturated rings. The van der Waals surface area contributed by atoms with Gasteiger partial charge in [0.1, 0.15) is 6.54 Å². The van der Waals surface area contributed by atoms with Crippen LogP contribution in [0.2, 0.25) is 0 Å². The fourth-order valence-electron chi connectivity index (χ4n) is 2.97. The zero-order valence-corrected chi connectivity index (χ0v) is 15.0. The number of allylic oxidation sites excluding steroid dienone is 1. The van der Waals surface area contributed by atoms with Crippen LogP contribution >= 0.6 is 0 Å². The number of carbonyl (C=O) groups is 4. The van der Waals surface area contributed by atoms with Gasteiger partial charge in [-0.3, -0.25) is 19.3 Å². The maximum absolute atomic E-state index is 12.3. The Hall–Kier alpha value is -2.18. The van der Waals surface area contributed by atoms with Gasteiger partial charge in [0.05, 0.1) is 0 Å². The molecule has 1 aliphatic carbocycles. The third-order valence-corrected chi connectivity index (χ3v) is 4.52. The van der Waals surface area contributed by atoms with Gasteiger partial charge in [0.2, 0.25) is 5.91 Å². The molecule has 1 saturated heterocycles. The van der Waals surface area contributed by atoms with Crippen molar-refractivity contribution in [2.24, 2.45) is 5.92 Å². The van der Waals surface area contributed by atoms with Gasteiger partial charge >= 0.3 is 17.8 Å². The van der Waals surface area contributed by atoms with Crippen molar-refractivity contribution in [3.05, 3.63) is 11.6 Å². The Labute approximate surface area is 148 Å². The van der Waals surface area contributed by atoms with Crippen LogP contribution in [0.4, 0.5) is 4.79 Å². The number of nitrogens with one attached hydrogen (secondary N) is 1. The maximum atomic E-state index is 12.3. The molecule has 0 saturated carbocycles. The molecular formula is C18H27N3O4. The predicted molar refractivity (Wildman–Crippen MR) is 92.5 cm³/mol. The molecule has 0 radical (unpaired) electrons. The first kappa shape index (κ1) is 19.1. The van der Waals surface area contributed by atoms with Crippen molar-refractivity contribution in [1.29, 1.82) is 0 Å². The number of imide groups is 2. The highest BCUT2D eigenvalue weighted by Gasteiger charge is 2.44. The fourth-order valence-corrected chi connectivity index (χ4v) is 2.97. The van der Waals surface area contributed by atoms with Crippen LogP contribution in [-0.4, -0.2) is 53.2 Å². The van der Waals surface area contributed by atoms with Crippen LogP contribution < -0.4 is 5.32 Å². The maximum Gasteiger partial charge on any atom is 0.334 e. The first-order valence-electron chi connectivity index (χ1n) is 9.02. The number of rotatable bonds is 8. The molecule has 1 heterocycles. The lowest BCUT2D eigenvalue weighted by Crippen LogP contribution is -2.42. The largest absolute Gasteiger partial charge is 0.355 e. The molecular weight excluding hydrogens is 322 g/mol. The lowest BCUT2D eigenvalue weighted by atomic mass is 9.97. The van der Waals surface area contributed by atoms with Gasteiger partial charge in [-0.2, -0.15) is 0 Å². The van der Waals surface area contributed by atoms with E-state index in [9.17, 15) is 19.2 Å². The molecule has 5 amide bonds. The van der Waals surface area contributed by atoms with Crippen LogP contribution in [0.1, 0.15) is 52.4 Å².